The molecule has 0 unspecified atom stereocenters. The average molecular weight is 147 g/mol. The molecule has 1 rings (SSSR count). The third kappa shape index (κ3) is 2.99. The number of rotatable bonds is 3. The van der Waals surface area contributed by atoms with Crippen molar-refractivity contribution in [1.29, 1.82) is 0 Å². The van der Waals surface area contributed by atoms with Gasteiger partial charge in [-0.15, -0.1) is 0 Å². The summed E-state index contributed by atoms with van der Waals surface area (Å²) >= 11 is 0. The molecular weight excluding hydrogens is 136 g/mol. The summed E-state index contributed by atoms with van der Waals surface area (Å²) in [6, 6.07) is 9.95. The van der Waals surface area contributed by atoms with Gasteiger partial charge in [-0.25, -0.2) is 0 Å². The lowest BCUT2D eigenvalue weighted by Crippen LogP contribution is -1.93. The maximum absolute atomic E-state index is 10.5. The lowest BCUT2D eigenvalue weighted by Gasteiger charge is -1.96. The van der Waals surface area contributed by atoms with E-state index in [1.807, 2.05) is 30.3 Å². The summed E-state index contributed by atoms with van der Waals surface area (Å²) < 4.78 is 0. The SMILES string of the molecule is [CH2]C(=O)CCc1ccccc1. The molecule has 0 saturated carbocycles. The van der Waals surface area contributed by atoms with Crippen LogP contribution in [-0.2, 0) is 11.2 Å². The van der Waals surface area contributed by atoms with E-state index < -0.39 is 0 Å². The molecule has 0 aromatic heterocycles. The highest BCUT2D eigenvalue weighted by atomic mass is 16.1. The van der Waals surface area contributed by atoms with E-state index in [0.717, 1.165) is 6.42 Å². The summed E-state index contributed by atoms with van der Waals surface area (Å²) in [5, 5.41) is 0. The number of aryl methyl sites for hydroxylation is 1. The topological polar surface area (TPSA) is 17.1 Å². The van der Waals surface area contributed by atoms with Gasteiger partial charge in [-0.1, -0.05) is 30.3 Å². The van der Waals surface area contributed by atoms with E-state index in [-0.39, 0.29) is 5.78 Å². The van der Waals surface area contributed by atoms with Crippen molar-refractivity contribution in [1.82, 2.24) is 0 Å². The molecule has 11 heavy (non-hydrogen) atoms. The Labute approximate surface area is 67.1 Å². The van der Waals surface area contributed by atoms with E-state index in [1.54, 1.807) is 0 Å². The molecule has 0 spiro atoms. The third-order valence-electron chi connectivity index (χ3n) is 1.54. The predicted molar refractivity (Wildman–Crippen MR) is 45.1 cm³/mol. The molecule has 1 aromatic carbocycles. The molecule has 0 amide bonds. The van der Waals surface area contributed by atoms with Crippen LogP contribution >= 0.6 is 0 Å². The predicted octanol–water partition coefficient (Wildman–Crippen LogP) is 2.02. The van der Waals surface area contributed by atoms with Gasteiger partial charge in [0.2, 0.25) is 0 Å². The largest absolute Gasteiger partial charge is 0.300 e. The van der Waals surface area contributed by atoms with E-state index in [2.05, 4.69) is 6.92 Å². The highest BCUT2D eigenvalue weighted by molar-refractivity contribution is 5.82. The normalized spacial score (nSPS) is 9.55. The van der Waals surface area contributed by atoms with Gasteiger partial charge in [0.15, 0.2) is 0 Å². The van der Waals surface area contributed by atoms with Gasteiger partial charge in [0.1, 0.15) is 5.78 Å². The van der Waals surface area contributed by atoms with Crippen LogP contribution in [-0.4, -0.2) is 5.78 Å². The van der Waals surface area contributed by atoms with Gasteiger partial charge in [-0.2, -0.15) is 0 Å². The Morgan fingerprint density at radius 1 is 1.27 bits per heavy atom. The van der Waals surface area contributed by atoms with E-state index in [9.17, 15) is 4.79 Å². The Hall–Kier alpha value is -1.11. The lowest BCUT2D eigenvalue weighted by molar-refractivity contribution is -0.114. The summed E-state index contributed by atoms with van der Waals surface area (Å²) in [5.41, 5.74) is 1.20. The van der Waals surface area contributed by atoms with Gasteiger partial charge < -0.3 is 0 Å². The fraction of sp³-hybridized carbons (Fsp3) is 0.200. The molecular formula is C10H11O. The van der Waals surface area contributed by atoms with Crippen LogP contribution in [0.25, 0.3) is 0 Å². The maximum Gasteiger partial charge on any atom is 0.133 e. The maximum atomic E-state index is 10.5. The molecule has 1 radical (unpaired) electrons. The molecule has 0 N–H and O–H groups in total. The van der Waals surface area contributed by atoms with Crippen molar-refractivity contribution < 1.29 is 4.79 Å². The molecule has 0 aliphatic rings. The van der Waals surface area contributed by atoms with Crippen LogP contribution in [0.3, 0.4) is 0 Å². The number of benzene rings is 1. The Balaban J connectivity index is 2.45. The van der Waals surface area contributed by atoms with Crippen molar-refractivity contribution in [2.75, 3.05) is 0 Å². The smallest absolute Gasteiger partial charge is 0.133 e. The molecule has 0 saturated heterocycles. The second-order valence-corrected chi connectivity index (χ2v) is 2.52. The number of carbonyl (C=O) groups is 1. The first-order valence-corrected chi connectivity index (χ1v) is 3.68. The van der Waals surface area contributed by atoms with Gasteiger partial charge in [-0.3, -0.25) is 4.79 Å². The molecule has 57 valence electrons. The summed E-state index contributed by atoms with van der Waals surface area (Å²) in [6.07, 6.45) is 1.35. The molecule has 0 heterocycles. The Bertz CT molecular complexity index is 226. The Kier molecular flexibility index (Phi) is 2.84. The minimum Gasteiger partial charge on any atom is -0.300 e. The number of hydrogen-bond acceptors (Lipinski definition) is 1. The Morgan fingerprint density at radius 2 is 1.91 bits per heavy atom. The van der Waals surface area contributed by atoms with E-state index in [4.69, 9.17) is 0 Å². The standard InChI is InChI=1S/C10H11O/c1-9(11)7-8-10-5-3-2-4-6-10/h2-6H,1,7-8H2. The van der Waals surface area contributed by atoms with Crippen LogP contribution in [0.1, 0.15) is 12.0 Å². The Morgan fingerprint density at radius 3 is 2.45 bits per heavy atom. The van der Waals surface area contributed by atoms with Crippen molar-refractivity contribution in [3.63, 3.8) is 0 Å². The zero-order valence-electron chi connectivity index (χ0n) is 6.42. The first-order valence-electron chi connectivity index (χ1n) is 3.68. The van der Waals surface area contributed by atoms with Crippen molar-refractivity contribution in [3.05, 3.63) is 42.8 Å². The highest BCUT2D eigenvalue weighted by Crippen LogP contribution is 2.01. The monoisotopic (exact) mass is 147 g/mol. The fourth-order valence-electron chi connectivity index (χ4n) is 0.928. The van der Waals surface area contributed by atoms with Crippen LogP contribution in [0.15, 0.2) is 30.3 Å². The molecule has 0 aliphatic carbocycles. The van der Waals surface area contributed by atoms with Crippen LogP contribution in [0.5, 0.6) is 0 Å². The summed E-state index contributed by atoms with van der Waals surface area (Å²) in [7, 11) is 0. The van der Waals surface area contributed by atoms with Gasteiger partial charge in [-0.05, 0) is 12.0 Å². The quantitative estimate of drug-likeness (QED) is 0.639. The van der Waals surface area contributed by atoms with Crippen LogP contribution < -0.4 is 0 Å². The van der Waals surface area contributed by atoms with Crippen molar-refractivity contribution in [2.24, 2.45) is 0 Å². The lowest BCUT2D eigenvalue weighted by atomic mass is 10.1. The number of ketones is 1. The molecule has 1 heteroatoms. The first kappa shape index (κ1) is 7.99. The molecule has 1 nitrogen and oxygen atoms in total. The molecule has 1 aromatic rings. The van der Waals surface area contributed by atoms with Crippen LogP contribution in [0.2, 0.25) is 0 Å². The molecule has 0 atom stereocenters. The second kappa shape index (κ2) is 3.91. The summed E-state index contributed by atoms with van der Waals surface area (Å²) in [4.78, 5) is 10.5. The molecule has 0 bridgehead atoms. The van der Waals surface area contributed by atoms with Crippen LogP contribution in [0.4, 0.5) is 0 Å². The number of hydrogen-bond donors (Lipinski definition) is 0. The van der Waals surface area contributed by atoms with Gasteiger partial charge in [0.25, 0.3) is 0 Å². The summed E-state index contributed by atoms with van der Waals surface area (Å²) in [5.74, 6) is 0.00820. The van der Waals surface area contributed by atoms with E-state index in [1.165, 1.54) is 5.56 Å². The molecule has 0 fully saturated rings. The number of Topliss-reactive ketones (excluding diaryl/α,β-unsaturated/α-hetero) is 1. The third-order valence-corrected chi connectivity index (χ3v) is 1.54. The van der Waals surface area contributed by atoms with Crippen molar-refractivity contribution >= 4 is 5.78 Å². The fourth-order valence-corrected chi connectivity index (χ4v) is 0.928. The van der Waals surface area contributed by atoms with Gasteiger partial charge >= 0.3 is 0 Å². The summed E-state index contributed by atoms with van der Waals surface area (Å²) in [6.45, 7) is 3.31. The number of carbonyl (C=O) groups excluding carboxylic acids is 1. The second-order valence-electron chi connectivity index (χ2n) is 2.52. The first-order chi connectivity index (χ1) is 5.29. The van der Waals surface area contributed by atoms with Crippen LogP contribution in [0, 0.1) is 6.92 Å². The molecule has 0 aliphatic heterocycles. The van der Waals surface area contributed by atoms with E-state index in [0.29, 0.717) is 6.42 Å². The van der Waals surface area contributed by atoms with Gasteiger partial charge in [0, 0.05) is 13.3 Å². The zero-order valence-corrected chi connectivity index (χ0v) is 6.42. The van der Waals surface area contributed by atoms with Gasteiger partial charge in [0.05, 0.1) is 0 Å². The van der Waals surface area contributed by atoms with E-state index >= 15 is 0 Å². The minimum absolute atomic E-state index is 0.00820. The minimum atomic E-state index is 0.00820. The highest BCUT2D eigenvalue weighted by Gasteiger charge is 1.94. The zero-order chi connectivity index (χ0) is 8.10. The van der Waals surface area contributed by atoms with Crippen molar-refractivity contribution in [2.45, 2.75) is 12.8 Å². The average Bonchev–Trinajstić information content (AvgIpc) is 2.03. The van der Waals surface area contributed by atoms with Crippen molar-refractivity contribution in [3.8, 4) is 0 Å².